The third-order valence-corrected chi connectivity index (χ3v) is 3.94. The van der Waals surface area contributed by atoms with Crippen molar-refractivity contribution in [3.05, 3.63) is 34.9 Å². The van der Waals surface area contributed by atoms with Crippen LogP contribution in [-0.2, 0) is 14.3 Å². The molecule has 1 amide bonds. The average molecular weight is 388 g/mol. The van der Waals surface area contributed by atoms with Gasteiger partial charge >= 0.3 is 12.1 Å². The van der Waals surface area contributed by atoms with Crippen molar-refractivity contribution in [1.82, 2.24) is 5.32 Å². The van der Waals surface area contributed by atoms with Gasteiger partial charge in [0.1, 0.15) is 11.6 Å². The third-order valence-electron chi connectivity index (χ3n) is 2.70. The van der Waals surface area contributed by atoms with Crippen LogP contribution in [0.3, 0.4) is 0 Å². The first-order valence-electron chi connectivity index (χ1n) is 7.71. The molecule has 0 radical (unpaired) electrons. The molecule has 1 N–H and O–H groups in total. The molecular formula is C17H22ClNO5S. The number of rotatable bonds is 6. The maximum Gasteiger partial charge on any atom is 0.408 e. The van der Waals surface area contributed by atoms with Crippen LogP contribution in [0.25, 0.3) is 0 Å². The van der Waals surface area contributed by atoms with E-state index in [0.29, 0.717) is 10.6 Å². The second-order valence-electron chi connectivity index (χ2n) is 6.06. The molecule has 8 heteroatoms. The van der Waals surface area contributed by atoms with E-state index >= 15 is 0 Å². The Morgan fingerprint density at radius 1 is 1.28 bits per heavy atom. The minimum absolute atomic E-state index is 0.0173. The summed E-state index contributed by atoms with van der Waals surface area (Å²) in [5, 5.41) is 2.62. The van der Waals surface area contributed by atoms with Crippen LogP contribution in [-0.4, -0.2) is 41.2 Å². The van der Waals surface area contributed by atoms with Crippen molar-refractivity contribution in [1.29, 1.82) is 0 Å². The number of nitrogens with one attached hydrogen (secondary N) is 1. The molecule has 0 spiro atoms. The van der Waals surface area contributed by atoms with Gasteiger partial charge in [-0.2, -0.15) is 0 Å². The van der Waals surface area contributed by atoms with Gasteiger partial charge in [0.15, 0.2) is 0 Å². The Balaban J connectivity index is 2.72. The Morgan fingerprint density at radius 2 is 1.96 bits per heavy atom. The number of carbonyl (C=O) groups excluding carboxylic acids is 3. The monoisotopic (exact) mass is 387 g/mol. The van der Waals surface area contributed by atoms with Crippen molar-refractivity contribution < 1.29 is 23.9 Å². The lowest BCUT2D eigenvalue weighted by atomic mass is 10.2. The molecule has 0 aliphatic rings. The molecule has 0 saturated heterocycles. The van der Waals surface area contributed by atoms with Gasteiger partial charge in [-0.05, 0) is 39.8 Å². The number of benzene rings is 1. The fourth-order valence-corrected chi connectivity index (χ4v) is 2.74. The predicted molar refractivity (Wildman–Crippen MR) is 98.0 cm³/mol. The van der Waals surface area contributed by atoms with Crippen molar-refractivity contribution in [2.45, 2.75) is 39.3 Å². The molecule has 1 atom stereocenters. The SMILES string of the molecule is CCOC(=O)[C@@H](CSC(=O)c1cccc(Cl)c1)NC(=O)OC(C)(C)C. The lowest BCUT2D eigenvalue weighted by Gasteiger charge is -2.22. The van der Waals surface area contributed by atoms with E-state index in [0.717, 1.165) is 11.8 Å². The molecule has 138 valence electrons. The van der Waals surface area contributed by atoms with Crippen molar-refractivity contribution in [2.75, 3.05) is 12.4 Å². The molecule has 0 fully saturated rings. The molecule has 0 aromatic heterocycles. The van der Waals surface area contributed by atoms with Crippen LogP contribution >= 0.6 is 23.4 Å². The minimum Gasteiger partial charge on any atom is -0.464 e. The summed E-state index contributed by atoms with van der Waals surface area (Å²) >= 11 is 6.76. The Bertz CT molecular complexity index is 630. The second kappa shape index (κ2) is 9.68. The molecular weight excluding hydrogens is 366 g/mol. The van der Waals surface area contributed by atoms with Gasteiger partial charge in [0.25, 0.3) is 0 Å². The summed E-state index contributed by atoms with van der Waals surface area (Å²) < 4.78 is 10.1. The zero-order chi connectivity index (χ0) is 19.0. The van der Waals surface area contributed by atoms with Crippen LogP contribution in [0.5, 0.6) is 0 Å². The molecule has 25 heavy (non-hydrogen) atoms. The molecule has 0 unspecified atom stereocenters. The van der Waals surface area contributed by atoms with E-state index in [4.69, 9.17) is 21.1 Å². The molecule has 6 nitrogen and oxygen atoms in total. The molecule has 1 aromatic rings. The Labute approximate surface area is 156 Å². The summed E-state index contributed by atoms with van der Waals surface area (Å²) in [6, 6.07) is 5.49. The summed E-state index contributed by atoms with van der Waals surface area (Å²) in [7, 11) is 0. The van der Waals surface area contributed by atoms with Crippen molar-refractivity contribution in [3.8, 4) is 0 Å². The van der Waals surface area contributed by atoms with Gasteiger partial charge in [0.05, 0.1) is 6.61 Å². The Kier molecular flexibility index (Phi) is 8.25. The topological polar surface area (TPSA) is 81.7 Å². The fraction of sp³-hybridized carbons (Fsp3) is 0.471. The summed E-state index contributed by atoms with van der Waals surface area (Å²) in [5.41, 5.74) is -0.287. The average Bonchev–Trinajstić information content (AvgIpc) is 2.49. The number of amides is 1. The van der Waals surface area contributed by atoms with Gasteiger partial charge in [-0.15, -0.1) is 0 Å². The number of alkyl carbamates (subject to hydrolysis) is 1. The van der Waals surface area contributed by atoms with Gasteiger partial charge in [-0.1, -0.05) is 35.5 Å². The molecule has 1 aromatic carbocycles. The van der Waals surface area contributed by atoms with Gasteiger partial charge < -0.3 is 14.8 Å². The molecule has 1 rings (SSSR count). The summed E-state index contributed by atoms with van der Waals surface area (Å²) in [4.78, 5) is 36.1. The van der Waals surface area contributed by atoms with Crippen LogP contribution in [0.4, 0.5) is 4.79 Å². The number of esters is 1. The Morgan fingerprint density at radius 3 is 2.52 bits per heavy atom. The van der Waals surface area contributed by atoms with Crippen molar-refractivity contribution >= 4 is 40.5 Å². The van der Waals surface area contributed by atoms with E-state index in [2.05, 4.69) is 5.32 Å². The van der Waals surface area contributed by atoms with Gasteiger partial charge in [0.2, 0.25) is 5.12 Å². The zero-order valence-electron chi connectivity index (χ0n) is 14.6. The highest BCUT2D eigenvalue weighted by molar-refractivity contribution is 8.14. The molecule has 0 aliphatic heterocycles. The quantitative estimate of drug-likeness (QED) is 0.750. The van der Waals surface area contributed by atoms with E-state index in [9.17, 15) is 14.4 Å². The summed E-state index contributed by atoms with van der Waals surface area (Å²) in [5.74, 6) is -0.608. The van der Waals surface area contributed by atoms with Crippen LogP contribution < -0.4 is 5.32 Å². The third kappa shape index (κ3) is 8.27. The number of ether oxygens (including phenoxy) is 2. The summed E-state index contributed by atoms with van der Waals surface area (Å²) in [6.07, 6.45) is -0.749. The highest BCUT2D eigenvalue weighted by Gasteiger charge is 2.26. The van der Waals surface area contributed by atoms with E-state index in [1.165, 1.54) is 6.07 Å². The smallest absolute Gasteiger partial charge is 0.408 e. The highest BCUT2D eigenvalue weighted by atomic mass is 35.5. The van der Waals surface area contributed by atoms with Crippen molar-refractivity contribution in [3.63, 3.8) is 0 Å². The van der Waals surface area contributed by atoms with E-state index in [-0.39, 0.29) is 17.5 Å². The predicted octanol–water partition coefficient (Wildman–Crippen LogP) is 3.67. The lowest BCUT2D eigenvalue weighted by Crippen LogP contribution is -2.46. The first-order chi connectivity index (χ1) is 11.6. The van der Waals surface area contributed by atoms with Crippen molar-refractivity contribution in [2.24, 2.45) is 0 Å². The number of carbonyl (C=O) groups is 3. The Hall–Kier alpha value is -1.73. The van der Waals surface area contributed by atoms with Gasteiger partial charge in [-0.3, -0.25) is 4.79 Å². The van der Waals surface area contributed by atoms with E-state index in [1.807, 2.05) is 0 Å². The number of halogens is 1. The minimum atomic E-state index is -0.997. The molecule has 0 aliphatic carbocycles. The van der Waals surface area contributed by atoms with Crippen LogP contribution in [0, 0.1) is 0 Å². The van der Waals surface area contributed by atoms with E-state index < -0.39 is 23.7 Å². The first-order valence-corrected chi connectivity index (χ1v) is 9.07. The molecule has 0 heterocycles. The van der Waals surface area contributed by atoms with E-state index in [1.54, 1.807) is 45.9 Å². The lowest BCUT2D eigenvalue weighted by molar-refractivity contribution is -0.144. The molecule has 0 bridgehead atoms. The zero-order valence-corrected chi connectivity index (χ0v) is 16.2. The highest BCUT2D eigenvalue weighted by Crippen LogP contribution is 2.18. The van der Waals surface area contributed by atoms with Crippen LogP contribution in [0.1, 0.15) is 38.1 Å². The molecule has 0 saturated carbocycles. The first kappa shape index (κ1) is 21.3. The second-order valence-corrected chi connectivity index (χ2v) is 7.49. The number of hydrogen-bond acceptors (Lipinski definition) is 6. The normalized spacial score (nSPS) is 12.2. The van der Waals surface area contributed by atoms with Crippen LogP contribution in [0.15, 0.2) is 24.3 Å². The maximum absolute atomic E-state index is 12.2. The van der Waals surface area contributed by atoms with Gasteiger partial charge in [-0.25, -0.2) is 9.59 Å². The number of thioether (sulfide) groups is 1. The van der Waals surface area contributed by atoms with Crippen LogP contribution in [0.2, 0.25) is 5.02 Å². The summed E-state index contributed by atoms with van der Waals surface area (Å²) in [6.45, 7) is 6.96. The standard InChI is InChI=1S/C17H22ClNO5S/c1-5-23-14(20)13(19-16(22)24-17(2,3)4)10-25-15(21)11-7-6-8-12(18)9-11/h6-9,13H,5,10H2,1-4H3,(H,19,22)/t13-/m1/s1. The largest absolute Gasteiger partial charge is 0.464 e. The fourth-order valence-electron chi connectivity index (χ4n) is 1.72. The number of hydrogen-bond donors (Lipinski definition) is 1. The maximum atomic E-state index is 12.2. The van der Waals surface area contributed by atoms with Gasteiger partial charge in [0, 0.05) is 16.3 Å².